The van der Waals surface area contributed by atoms with Crippen molar-refractivity contribution in [3.05, 3.63) is 65.4 Å². The number of ether oxygens (including phenoxy) is 1. The van der Waals surface area contributed by atoms with E-state index in [4.69, 9.17) is 10.5 Å². The lowest BCUT2D eigenvalue weighted by molar-refractivity contribution is -0.137. The molecule has 0 unspecified atom stereocenters. The number of carbonyl (C=O) groups excluding carboxylic acids is 1. The van der Waals surface area contributed by atoms with Crippen LogP contribution >= 0.6 is 0 Å². The van der Waals surface area contributed by atoms with Crippen molar-refractivity contribution < 1.29 is 27.1 Å². The Morgan fingerprint density at radius 3 is 2.79 bits per heavy atom. The summed E-state index contributed by atoms with van der Waals surface area (Å²) >= 11 is 0. The number of halogens is 4. The second-order valence-corrected chi connectivity index (χ2v) is 8.46. The molecule has 4 aromatic rings. The third-order valence-electron chi connectivity index (χ3n) is 6.45. The second-order valence-electron chi connectivity index (χ2n) is 8.46. The number of nitrogens with two attached hydrogens (primary N) is 1. The number of rotatable bonds is 1. The summed E-state index contributed by atoms with van der Waals surface area (Å²) in [7, 11) is 0. The zero-order valence-corrected chi connectivity index (χ0v) is 17.5. The van der Waals surface area contributed by atoms with Crippen molar-refractivity contribution >= 4 is 28.3 Å². The number of aromatic nitrogens is 3. The Balaban J connectivity index is 1.42. The Labute approximate surface area is 189 Å². The van der Waals surface area contributed by atoms with Gasteiger partial charge in [-0.05, 0) is 43.2 Å². The molecule has 7 nitrogen and oxygen atoms in total. The lowest BCUT2D eigenvalue weighted by Gasteiger charge is -2.36. The number of piperidine rings is 1. The highest BCUT2D eigenvalue weighted by Gasteiger charge is 2.46. The molecule has 2 aliphatic heterocycles. The molecule has 2 atom stereocenters. The van der Waals surface area contributed by atoms with Crippen LogP contribution in [0.1, 0.15) is 40.4 Å². The highest BCUT2D eigenvalue weighted by atomic mass is 19.4. The highest BCUT2D eigenvalue weighted by molar-refractivity contribution is 5.98. The average molecular weight is 471 g/mol. The van der Waals surface area contributed by atoms with Crippen molar-refractivity contribution in [1.82, 2.24) is 19.3 Å². The lowest BCUT2D eigenvalue weighted by atomic mass is 9.92. The van der Waals surface area contributed by atoms with Gasteiger partial charge >= 0.3 is 6.18 Å². The molecule has 1 amide bonds. The van der Waals surface area contributed by atoms with Crippen LogP contribution in [-0.4, -0.2) is 37.8 Å². The van der Waals surface area contributed by atoms with Gasteiger partial charge in [0.25, 0.3) is 5.91 Å². The molecule has 4 heterocycles. The van der Waals surface area contributed by atoms with Gasteiger partial charge in [0, 0.05) is 12.1 Å². The van der Waals surface area contributed by atoms with Gasteiger partial charge in [-0.1, -0.05) is 0 Å². The SMILES string of the molecule is Nc1nc2ccc(C(=O)N3CCC[C@@H]4Oc5cc(C(F)(F)F)cc(F)c5[C@@H]43)cc2n2cncc12. The maximum atomic E-state index is 14.9. The molecular formula is C23H17F4N5O2. The fourth-order valence-corrected chi connectivity index (χ4v) is 4.93. The number of hydrogen-bond acceptors (Lipinski definition) is 5. The van der Waals surface area contributed by atoms with Crippen LogP contribution in [0.2, 0.25) is 0 Å². The quantitative estimate of drug-likeness (QED) is 0.417. The maximum Gasteiger partial charge on any atom is 0.416 e. The number of hydrogen-bond donors (Lipinski definition) is 1. The van der Waals surface area contributed by atoms with Crippen molar-refractivity contribution in [2.45, 2.75) is 31.2 Å². The summed E-state index contributed by atoms with van der Waals surface area (Å²) in [5.41, 5.74) is 6.94. The standard InChI is InChI=1S/C23H17F4N5O2/c24-13-7-12(23(25,26)27)8-18-19(13)20-17(34-18)2-1-5-31(20)22(33)11-3-4-14-15(6-11)32-10-29-9-16(32)21(28)30-14/h3-4,6-10,17,20H,1-2,5H2,(H2,28,30)/t17-,20+/m0/s1. The van der Waals surface area contributed by atoms with Crippen molar-refractivity contribution in [1.29, 1.82) is 0 Å². The second kappa shape index (κ2) is 7.05. The topological polar surface area (TPSA) is 85.8 Å². The van der Waals surface area contributed by atoms with Crippen LogP contribution < -0.4 is 10.5 Å². The number of imidazole rings is 1. The van der Waals surface area contributed by atoms with Gasteiger partial charge in [-0.15, -0.1) is 0 Å². The molecular weight excluding hydrogens is 454 g/mol. The molecule has 0 saturated carbocycles. The monoisotopic (exact) mass is 471 g/mol. The van der Waals surface area contributed by atoms with Crippen molar-refractivity contribution in [2.24, 2.45) is 0 Å². The summed E-state index contributed by atoms with van der Waals surface area (Å²) in [5, 5.41) is 0. The summed E-state index contributed by atoms with van der Waals surface area (Å²) in [5.74, 6) is -1.27. The minimum atomic E-state index is -4.70. The van der Waals surface area contributed by atoms with E-state index in [9.17, 15) is 22.4 Å². The van der Waals surface area contributed by atoms with Crippen LogP contribution in [0, 0.1) is 5.82 Å². The smallest absolute Gasteiger partial charge is 0.416 e. The summed E-state index contributed by atoms with van der Waals surface area (Å²) in [6.07, 6.45) is -1.12. The molecule has 0 aliphatic carbocycles. The molecule has 2 N–H and O–H groups in total. The Morgan fingerprint density at radius 2 is 2.00 bits per heavy atom. The number of anilines is 1. The fraction of sp³-hybridized carbons (Fsp3) is 0.261. The summed E-state index contributed by atoms with van der Waals surface area (Å²) in [4.78, 5) is 23.5. The number of nitrogen functional groups attached to an aromatic ring is 1. The van der Waals surface area contributed by atoms with Gasteiger partial charge in [0.15, 0.2) is 0 Å². The predicted octanol–water partition coefficient (Wildman–Crippen LogP) is 4.36. The number of alkyl halides is 3. The molecule has 1 saturated heterocycles. The van der Waals surface area contributed by atoms with Crippen LogP contribution in [-0.2, 0) is 6.18 Å². The Hall–Kier alpha value is -3.89. The molecule has 6 rings (SSSR count). The first-order valence-electron chi connectivity index (χ1n) is 10.6. The minimum absolute atomic E-state index is 0.0155. The minimum Gasteiger partial charge on any atom is -0.487 e. The first-order valence-corrected chi connectivity index (χ1v) is 10.6. The van der Waals surface area contributed by atoms with E-state index in [0.29, 0.717) is 53.4 Å². The average Bonchev–Trinajstić information content (AvgIpc) is 3.43. The number of carbonyl (C=O) groups is 1. The molecule has 2 aliphatic rings. The van der Waals surface area contributed by atoms with Crippen molar-refractivity contribution in [2.75, 3.05) is 12.3 Å². The van der Waals surface area contributed by atoms with E-state index in [1.807, 2.05) is 0 Å². The third-order valence-corrected chi connectivity index (χ3v) is 6.45. The number of likely N-dealkylation sites (tertiary alicyclic amines) is 1. The van der Waals surface area contributed by atoms with E-state index < -0.39 is 29.7 Å². The van der Waals surface area contributed by atoms with E-state index in [1.54, 1.807) is 35.1 Å². The fourth-order valence-electron chi connectivity index (χ4n) is 4.93. The van der Waals surface area contributed by atoms with E-state index in [1.165, 1.54) is 4.90 Å². The molecule has 0 bridgehead atoms. The zero-order chi connectivity index (χ0) is 23.8. The normalized spacial score (nSPS) is 19.8. The number of fused-ring (bicyclic) bond motifs is 6. The van der Waals surface area contributed by atoms with Gasteiger partial charge in [0.1, 0.15) is 35.0 Å². The molecule has 2 aromatic carbocycles. The third kappa shape index (κ3) is 2.99. The largest absolute Gasteiger partial charge is 0.487 e. The van der Waals surface area contributed by atoms with Crippen LogP contribution in [0.4, 0.5) is 23.4 Å². The number of nitrogens with zero attached hydrogens (tertiary/aromatic N) is 4. The van der Waals surface area contributed by atoms with E-state index >= 15 is 0 Å². The molecule has 1 fully saturated rings. The van der Waals surface area contributed by atoms with Gasteiger partial charge in [0.2, 0.25) is 0 Å². The summed E-state index contributed by atoms with van der Waals surface area (Å²) in [6, 6.07) is 5.37. The van der Waals surface area contributed by atoms with Gasteiger partial charge < -0.3 is 15.4 Å². The Bertz CT molecular complexity index is 1480. The van der Waals surface area contributed by atoms with E-state index in [-0.39, 0.29) is 17.2 Å². The van der Waals surface area contributed by atoms with Crippen molar-refractivity contribution in [3.63, 3.8) is 0 Å². The highest BCUT2D eigenvalue weighted by Crippen LogP contribution is 2.48. The Kier molecular flexibility index (Phi) is 4.29. The molecule has 34 heavy (non-hydrogen) atoms. The lowest BCUT2D eigenvalue weighted by Crippen LogP contribution is -2.44. The van der Waals surface area contributed by atoms with Crippen LogP contribution in [0.5, 0.6) is 5.75 Å². The Morgan fingerprint density at radius 1 is 1.18 bits per heavy atom. The molecule has 2 aromatic heterocycles. The molecule has 174 valence electrons. The van der Waals surface area contributed by atoms with Gasteiger partial charge in [0.05, 0.1) is 34.7 Å². The van der Waals surface area contributed by atoms with Gasteiger partial charge in [-0.2, -0.15) is 13.2 Å². The van der Waals surface area contributed by atoms with Crippen LogP contribution in [0.15, 0.2) is 42.9 Å². The molecule has 11 heteroatoms. The molecule has 0 radical (unpaired) electrons. The van der Waals surface area contributed by atoms with Crippen LogP contribution in [0.3, 0.4) is 0 Å². The van der Waals surface area contributed by atoms with Gasteiger partial charge in [-0.25, -0.2) is 14.4 Å². The van der Waals surface area contributed by atoms with E-state index in [0.717, 1.165) is 6.07 Å². The van der Waals surface area contributed by atoms with E-state index in [2.05, 4.69) is 9.97 Å². The first-order chi connectivity index (χ1) is 16.2. The summed E-state index contributed by atoms with van der Waals surface area (Å²) in [6.45, 7) is 0.321. The van der Waals surface area contributed by atoms with Gasteiger partial charge in [-0.3, -0.25) is 9.20 Å². The number of benzene rings is 2. The first kappa shape index (κ1) is 20.7. The van der Waals surface area contributed by atoms with Crippen LogP contribution in [0.25, 0.3) is 16.6 Å². The van der Waals surface area contributed by atoms with Crippen molar-refractivity contribution in [3.8, 4) is 5.75 Å². The number of amides is 1. The summed E-state index contributed by atoms with van der Waals surface area (Å²) < 4.78 is 61.9. The predicted molar refractivity (Wildman–Crippen MR) is 114 cm³/mol. The molecule has 0 spiro atoms. The zero-order valence-electron chi connectivity index (χ0n) is 17.5. The maximum absolute atomic E-state index is 14.9.